The predicted molar refractivity (Wildman–Crippen MR) is 141 cm³/mol. The molecular weight excluding hydrogens is 511 g/mol. The van der Waals surface area contributed by atoms with Crippen LogP contribution in [0.4, 0.5) is 4.39 Å². The molecule has 0 spiro atoms. The van der Waals surface area contributed by atoms with Crippen LogP contribution in [0.3, 0.4) is 0 Å². The van der Waals surface area contributed by atoms with E-state index in [0.717, 1.165) is 38.2 Å². The van der Waals surface area contributed by atoms with Crippen LogP contribution in [0.2, 0.25) is 5.02 Å². The van der Waals surface area contributed by atoms with Gasteiger partial charge in [-0.25, -0.2) is 4.39 Å². The van der Waals surface area contributed by atoms with E-state index >= 15 is 0 Å². The van der Waals surface area contributed by atoms with Gasteiger partial charge in [0.25, 0.3) is 5.91 Å². The Hall–Kier alpha value is -2.35. The Morgan fingerprint density at radius 2 is 1.76 bits per heavy atom. The number of carboxylic acids is 1. The van der Waals surface area contributed by atoms with Gasteiger partial charge in [-0.3, -0.25) is 14.4 Å². The molecule has 4 fully saturated rings. The summed E-state index contributed by atoms with van der Waals surface area (Å²) in [6, 6.07) is 2.13. The number of halogens is 2. The molecule has 2 bridgehead atoms. The van der Waals surface area contributed by atoms with Crippen LogP contribution in [0.5, 0.6) is 5.75 Å². The normalized spacial score (nSPS) is 33.3. The molecule has 0 saturated heterocycles. The fraction of sp³-hybridized carbons (Fsp3) is 0.690. The van der Waals surface area contributed by atoms with Gasteiger partial charge in [0.2, 0.25) is 5.91 Å². The van der Waals surface area contributed by atoms with Crippen molar-refractivity contribution in [2.24, 2.45) is 28.6 Å². The van der Waals surface area contributed by atoms with Gasteiger partial charge in [0, 0.05) is 12.6 Å². The average molecular weight is 549 g/mol. The Labute approximate surface area is 228 Å². The molecule has 0 aromatic heterocycles. The summed E-state index contributed by atoms with van der Waals surface area (Å²) in [5.41, 5.74) is -0.518. The first-order valence-electron chi connectivity index (χ1n) is 14.0. The summed E-state index contributed by atoms with van der Waals surface area (Å²) in [5, 5.41) is 15.7. The molecule has 3 N–H and O–H groups in total. The topological polar surface area (TPSA) is 105 Å². The molecule has 0 radical (unpaired) electrons. The minimum atomic E-state index is -0.836. The monoisotopic (exact) mass is 548 g/mol. The maximum absolute atomic E-state index is 14.8. The Morgan fingerprint density at radius 3 is 2.39 bits per heavy atom. The third-order valence-electron chi connectivity index (χ3n) is 9.88. The van der Waals surface area contributed by atoms with E-state index in [1.54, 1.807) is 6.92 Å². The smallest absolute Gasteiger partial charge is 0.309 e. The molecule has 1 aromatic rings. The van der Waals surface area contributed by atoms with Crippen LogP contribution in [-0.4, -0.2) is 41.6 Å². The van der Waals surface area contributed by atoms with Gasteiger partial charge in [-0.2, -0.15) is 0 Å². The number of benzene rings is 1. The molecule has 0 unspecified atom stereocenters. The van der Waals surface area contributed by atoms with E-state index in [9.17, 15) is 23.9 Å². The third kappa shape index (κ3) is 5.25. The summed E-state index contributed by atoms with van der Waals surface area (Å²) >= 11 is 6.30. The standard InChI is InChI=1S/C29H38ClFN2O5/c1-28(8-3-9-28)15-32-26(35)23-16-4-5-17(12-16)24(23)33-25(34)19-13-22(21(31)14-20(19)30)38-18-6-10-29(2,11-7-18)27(36)37/h13-14,16-18,23-24H,3-12,15H2,1-2H3,(H,32,35)(H,33,34)(H,36,37)/t16-,17+,18?,23+,24-,29?/m1/s1. The summed E-state index contributed by atoms with van der Waals surface area (Å²) in [6.07, 6.45) is 7.81. The van der Waals surface area contributed by atoms with E-state index in [1.807, 2.05) is 0 Å². The summed E-state index contributed by atoms with van der Waals surface area (Å²) in [6.45, 7) is 4.58. The summed E-state index contributed by atoms with van der Waals surface area (Å²) in [7, 11) is 0. The molecule has 2 amide bonds. The molecule has 5 rings (SSSR count). The van der Waals surface area contributed by atoms with E-state index in [4.69, 9.17) is 16.3 Å². The molecule has 208 valence electrons. The van der Waals surface area contributed by atoms with Crippen molar-refractivity contribution in [3.63, 3.8) is 0 Å². The van der Waals surface area contributed by atoms with Crippen LogP contribution in [0.25, 0.3) is 0 Å². The molecule has 0 aliphatic heterocycles. The quantitative estimate of drug-likeness (QED) is 0.406. The number of rotatable bonds is 8. The number of hydrogen-bond acceptors (Lipinski definition) is 4. The van der Waals surface area contributed by atoms with E-state index < -0.39 is 23.1 Å². The lowest BCUT2D eigenvalue weighted by molar-refractivity contribution is -0.150. The van der Waals surface area contributed by atoms with Gasteiger partial charge in [-0.15, -0.1) is 0 Å². The minimum absolute atomic E-state index is 0.00973. The highest BCUT2D eigenvalue weighted by atomic mass is 35.5. The maximum atomic E-state index is 14.8. The van der Waals surface area contributed by atoms with Crippen molar-refractivity contribution in [1.82, 2.24) is 10.6 Å². The van der Waals surface area contributed by atoms with Crippen LogP contribution in [-0.2, 0) is 9.59 Å². The number of carboxylic acid groups (broad SMARTS) is 1. The van der Waals surface area contributed by atoms with Gasteiger partial charge in [0.15, 0.2) is 11.6 Å². The van der Waals surface area contributed by atoms with Gasteiger partial charge in [-0.1, -0.05) is 24.9 Å². The fourth-order valence-electron chi connectivity index (χ4n) is 7.01. The Balaban J connectivity index is 1.26. The van der Waals surface area contributed by atoms with E-state index in [2.05, 4.69) is 17.6 Å². The summed E-state index contributed by atoms with van der Waals surface area (Å²) in [5.74, 6) is -1.79. The fourth-order valence-corrected chi connectivity index (χ4v) is 7.25. The lowest BCUT2D eigenvalue weighted by Crippen LogP contribution is -2.51. The van der Waals surface area contributed by atoms with Crippen LogP contribution in [0.1, 0.15) is 88.4 Å². The van der Waals surface area contributed by atoms with Crippen molar-refractivity contribution in [3.05, 3.63) is 28.5 Å². The zero-order valence-corrected chi connectivity index (χ0v) is 22.9. The lowest BCUT2D eigenvalue weighted by atomic mass is 9.70. The third-order valence-corrected chi connectivity index (χ3v) is 10.2. The first kappa shape index (κ1) is 27.2. The van der Waals surface area contributed by atoms with Crippen molar-refractivity contribution in [1.29, 1.82) is 0 Å². The molecule has 4 atom stereocenters. The van der Waals surface area contributed by atoms with Crippen molar-refractivity contribution in [2.75, 3.05) is 6.54 Å². The minimum Gasteiger partial charge on any atom is -0.487 e. The molecule has 1 aromatic carbocycles. The zero-order chi connectivity index (χ0) is 27.2. The van der Waals surface area contributed by atoms with E-state index in [1.165, 1.54) is 12.5 Å². The molecule has 4 aliphatic carbocycles. The van der Waals surface area contributed by atoms with E-state index in [0.29, 0.717) is 32.2 Å². The highest BCUT2D eigenvalue weighted by Crippen LogP contribution is 2.49. The number of amides is 2. The van der Waals surface area contributed by atoms with Gasteiger partial charge < -0.3 is 20.5 Å². The van der Waals surface area contributed by atoms with Crippen LogP contribution in [0, 0.1) is 34.4 Å². The van der Waals surface area contributed by atoms with E-state index in [-0.39, 0.29) is 57.6 Å². The number of carbonyl (C=O) groups excluding carboxylic acids is 2. The summed E-state index contributed by atoms with van der Waals surface area (Å²) in [4.78, 5) is 38.1. The molecule has 9 heteroatoms. The molecule has 4 saturated carbocycles. The first-order chi connectivity index (χ1) is 18.0. The second kappa shape index (κ2) is 10.3. The number of nitrogens with one attached hydrogen (secondary N) is 2. The second-order valence-electron chi connectivity index (χ2n) is 12.7. The number of carbonyl (C=O) groups is 3. The van der Waals surface area contributed by atoms with Gasteiger partial charge in [-0.05, 0) is 94.1 Å². The largest absolute Gasteiger partial charge is 0.487 e. The number of ether oxygens (including phenoxy) is 1. The molecule has 7 nitrogen and oxygen atoms in total. The SMILES string of the molecule is CC1(CNC(=O)[C@H]2[C@@H]3CC[C@@H](C3)[C@H]2NC(=O)c2cc(OC3CCC(C)(C(=O)O)CC3)c(F)cc2Cl)CCC1. The molecule has 38 heavy (non-hydrogen) atoms. The molecule has 0 heterocycles. The number of aliphatic carboxylic acids is 1. The average Bonchev–Trinajstić information content (AvgIpc) is 3.46. The van der Waals surface area contributed by atoms with Crippen molar-refractivity contribution in [3.8, 4) is 5.75 Å². The Morgan fingerprint density at radius 1 is 1.08 bits per heavy atom. The lowest BCUT2D eigenvalue weighted by Gasteiger charge is -2.39. The first-order valence-corrected chi connectivity index (χ1v) is 14.3. The number of hydrogen-bond donors (Lipinski definition) is 3. The zero-order valence-electron chi connectivity index (χ0n) is 22.2. The van der Waals surface area contributed by atoms with Gasteiger partial charge in [0.1, 0.15) is 0 Å². The van der Waals surface area contributed by atoms with Crippen LogP contribution >= 0.6 is 11.6 Å². The maximum Gasteiger partial charge on any atom is 0.309 e. The van der Waals surface area contributed by atoms with Crippen LogP contribution in [0.15, 0.2) is 12.1 Å². The number of fused-ring (bicyclic) bond motifs is 2. The molecular formula is C29H38ClFN2O5. The Kier molecular flexibility index (Phi) is 7.40. The Bertz CT molecular complexity index is 1110. The van der Waals surface area contributed by atoms with Crippen molar-refractivity contribution >= 4 is 29.4 Å². The molecule has 4 aliphatic rings. The van der Waals surface area contributed by atoms with Crippen molar-refractivity contribution < 1.29 is 28.6 Å². The highest BCUT2D eigenvalue weighted by molar-refractivity contribution is 6.34. The highest BCUT2D eigenvalue weighted by Gasteiger charge is 2.51. The van der Waals surface area contributed by atoms with Crippen LogP contribution < -0.4 is 15.4 Å². The predicted octanol–water partition coefficient (Wildman–Crippen LogP) is 5.34. The van der Waals surface area contributed by atoms with Gasteiger partial charge >= 0.3 is 5.97 Å². The second-order valence-corrected chi connectivity index (χ2v) is 13.1. The summed E-state index contributed by atoms with van der Waals surface area (Å²) < 4.78 is 20.6. The van der Waals surface area contributed by atoms with Crippen molar-refractivity contribution in [2.45, 2.75) is 90.2 Å². The van der Waals surface area contributed by atoms with Gasteiger partial charge in [0.05, 0.1) is 28.0 Å².